The summed E-state index contributed by atoms with van der Waals surface area (Å²) in [6.07, 6.45) is 1.51. The molecule has 0 unspecified atom stereocenters. The second-order valence-corrected chi connectivity index (χ2v) is 4.66. The van der Waals surface area contributed by atoms with Gasteiger partial charge in [0.1, 0.15) is 6.61 Å². The maximum Gasteiger partial charge on any atom is 0.361 e. The topological polar surface area (TPSA) is 74.8 Å². The summed E-state index contributed by atoms with van der Waals surface area (Å²) in [5.74, 6) is -0.487. The number of esters is 1. The van der Waals surface area contributed by atoms with Crippen molar-refractivity contribution in [2.24, 2.45) is 0 Å². The Balaban J connectivity index is 2.20. The number of aryl methyl sites for hydroxylation is 2. The molecule has 0 N–H and O–H groups in total. The quantitative estimate of drug-likeness (QED) is 0.595. The number of carbonyl (C=O) groups excluding carboxylic acids is 1. The normalized spacial score (nSPS) is 10.6. The van der Waals surface area contributed by atoms with Crippen LogP contribution < -0.4 is 0 Å². The molecule has 0 saturated carbocycles. The van der Waals surface area contributed by atoms with Crippen LogP contribution in [0.2, 0.25) is 0 Å². The van der Waals surface area contributed by atoms with E-state index in [4.69, 9.17) is 4.74 Å². The summed E-state index contributed by atoms with van der Waals surface area (Å²) in [6, 6.07) is 2.00. The van der Waals surface area contributed by atoms with Gasteiger partial charge in [-0.05, 0) is 26.8 Å². The zero-order valence-corrected chi connectivity index (χ0v) is 12.5. The average Bonchev–Trinajstić information content (AvgIpc) is 3.00. The first-order chi connectivity index (χ1) is 10.1. The third kappa shape index (κ3) is 3.18. The Morgan fingerprint density at radius 1 is 1.43 bits per heavy atom. The molecular weight excluding hydrogens is 270 g/mol. The second-order valence-electron chi connectivity index (χ2n) is 4.66. The molecule has 7 nitrogen and oxygen atoms in total. The lowest BCUT2D eigenvalue weighted by molar-refractivity contribution is 0.0542. The van der Waals surface area contributed by atoms with E-state index < -0.39 is 5.97 Å². The van der Waals surface area contributed by atoms with Gasteiger partial charge in [-0.1, -0.05) is 17.9 Å². The van der Waals surface area contributed by atoms with Crippen LogP contribution in [0.5, 0.6) is 0 Å². The van der Waals surface area contributed by atoms with Gasteiger partial charge in [0, 0.05) is 6.54 Å². The van der Waals surface area contributed by atoms with Gasteiger partial charge in [0.15, 0.2) is 5.69 Å². The third-order valence-corrected chi connectivity index (χ3v) is 3.10. The largest absolute Gasteiger partial charge is 0.457 e. The van der Waals surface area contributed by atoms with E-state index in [2.05, 4.69) is 22.0 Å². The van der Waals surface area contributed by atoms with Crippen LogP contribution in [0.4, 0.5) is 0 Å². The fraction of sp³-hybridized carbons (Fsp3) is 0.429. The zero-order chi connectivity index (χ0) is 15.4. The van der Waals surface area contributed by atoms with E-state index in [-0.39, 0.29) is 12.3 Å². The monoisotopic (exact) mass is 289 g/mol. The molecule has 112 valence electrons. The highest BCUT2D eigenvalue weighted by molar-refractivity contribution is 5.88. The molecule has 21 heavy (non-hydrogen) atoms. The third-order valence-electron chi connectivity index (χ3n) is 3.10. The van der Waals surface area contributed by atoms with Gasteiger partial charge in [0.05, 0.1) is 23.6 Å². The second kappa shape index (κ2) is 6.34. The zero-order valence-electron chi connectivity index (χ0n) is 12.5. The molecule has 0 aromatic carbocycles. The van der Waals surface area contributed by atoms with Gasteiger partial charge >= 0.3 is 5.97 Å². The molecule has 2 aromatic rings. The minimum Gasteiger partial charge on any atom is -0.457 e. The minimum atomic E-state index is -0.487. The summed E-state index contributed by atoms with van der Waals surface area (Å²) >= 11 is 0. The Labute approximate surface area is 123 Å². The number of carbonyl (C=O) groups is 1. The molecule has 2 heterocycles. The SMILES string of the molecule is C=CCOC(=O)c1nnn(Cc2cc(C)nn2CC)c1C. The Morgan fingerprint density at radius 2 is 2.19 bits per heavy atom. The van der Waals surface area contributed by atoms with Crippen LogP contribution >= 0.6 is 0 Å². The van der Waals surface area contributed by atoms with Crippen molar-refractivity contribution in [1.82, 2.24) is 24.8 Å². The molecule has 0 fully saturated rings. The first kappa shape index (κ1) is 15.0. The highest BCUT2D eigenvalue weighted by Crippen LogP contribution is 2.10. The summed E-state index contributed by atoms with van der Waals surface area (Å²) in [7, 11) is 0. The molecule has 0 aliphatic rings. The van der Waals surface area contributed by atoms with Crippen LogP contribution in [0.1, 0.15) is 34.5 Å². The van der Waals surface area contributed by atoms with E-state index in [0.29, 0.717) is 12.2 Å². The highest BCUT2D eigenvalue weighted by atomic mass is 16.5. The average molecular weight is 289 g/mol. The van der Waals surface area contributed by atoms with Crippen molar-refractivity contribution in [3.05, 3.63) is 41.5 Å². The van der Waals surface area contributed by atoms with Crippen molar-refractivity contribution in [2.45, 2.75) is 33.9 Å². The number of nitrogens with zero attached hydrogens (tertiary/aromatic N) is 5. The van der Waals surface area contributed by atoms with Gasteiger partial charge in [0.25, 0.3) is 0 Å². The van der Waals surface area contributed by atoms with Gasteiger partial charge in [-0.3, -0.25) is 4.68 Å². The Hall–Kier alpha value is -2.44. The Morgan fingerprint density at radius 3 is 2.86 bits per heavy atom. The molecule has 0 spiro atoms. The lowest BCUT2D eigenvalue weighted by Gasteiger charge is -2.06. The van der Waals surface area contributed by atoms with E-state index in [1.54, 1.807) is 11.6 Å². The van der Waals surface area contributed by atoms with E-state index in [1.165, 1.54) is 6.08 Å². The number of aromatic nitrogens is 5. The molecule has 2 rings (SSSR count). The fourth-order valence-electron chi connectivity index (χ4n) is 2.06. The van der Waals surface area contributed by atoms with E-state index >= 15 is 0 Å². The molecule has 0 amide bonds. The van der Waals surface area contributed by atoms with Crippen LogP contribution in [-0.2, 0) is 17.8 Å². The fourth-order valence-corrected chi connectivity index (χ4v) is 2.06. The van der Waals surface area contributed by atoms with Gasteiger partial charge in [-0.15, -0.1) is 5.10 Å². The maximum absolute atomic E-state index is 11.8. The van der Waals surface area contributed by atoms with E-state index in [1.807, 2.05) is 24.6 Å². The van der Waals surface area contributed by atoms with Crippen molar-refractivity contribution in [2.75, 3.05) is 6.61 Å². The van der Waals surface area contributed by atoms with Crippen LogP contribution in [-0.4, -0.2) is 37.4 Å². The van der Waals surface area contributed by atoms with Gasteiger partial charge < -0.3 is 4.74 Å². The van der Waals surface area contributed by atoms with Crippen LogP contribution in [0.25, 0.3) is 0 Å². The summed E-state index contributed by atoms with van der Waals surface area (Å²) in [5, 5.41) is 12.3. The summed E-state index contributed by atoms with van der Waals surface area (Å²) < 4.78 is 8.56. The number of hydrogen-bond acceptors (Lipinski definition) is 5. The van der Waals surface area contributed by atoms with E-state index in [9.17, 15) is 4.79 Å². The molecule has 0 atom stereocenters. The van der Waals surface area contributed by atoms with Crippen molar-refractivity contribution < 1.29 is 9.53 Å². The van der Waals surface area contributed by atoms with Crippen molar-refractivity contribution in [1.29, 1.82) is 0 Å². The van der Waals surface area contributed by atoms with Gasteiger partial charge in [0.2, 0.25) is 0 Å². The minimum absolute atomic E-state index is 0.160. The lowest BCUT2D eigenvalue weighted by Crippen LogP contribution is -2.11. The predicted molar refractivity (Wildman–Crippen MR) is 77.0 cm³/mol. The number of ether oxygens (including phenoxy) is 1. The molecule has 7 heteroatoms. The lowest BCUT2D eigenvalue weighted by atomic mass is 10.3. The first-order valence-electron chi connectivity index (χ1n) is 6.78. The molecule has 0 bridgehead atoms. The van der Waals surface area contributed by atoms with Crippen molar-refractivity contribution >= 4 is 5.97 Å². The summed E-state index contributed by atoms with van der Waals surface area (Å²) in [6.45, 7) is 10.7. The molecule has 0 radical (unpaired) electrons. The standard InChI is InChI=1S/C14H19N5O2/c1-5-7-21-14(20)13-11(4)19(17-15-13)9-12-8-10(3)16-18(12)6-2/h5,8H,1,6-7,9H2,2-4H3. The molecule has 0 aliphatic heterocycles. The number of rotatable bonds is 6. The smallest absolute Gasteiger partial charge is 0.361 e. The van der Waals surface area contributed by atoms with Crippen molar-refractivity contribution in [3.63, 3.8) is 0 Å². The predicted octanol–water partition coefficient (Wildman–Crippen LogP) is 1.50. The highest BCUT2D eigenvalue weighted by Gasteiger charge is 2.18. The van der Waals surface area contributed by atoms with Crippen LogP contribution in [0.15, 0.2) is 18.7 Å². The van der Waals surface area contributed by atoms with Crippen LogP contribution in [0.3, 0.4) is 0 Å². The van der Waals surface area contributed by atoms with Crippen LogP contribution in [0, 0.1) is 13.8 Å². The molecular formula is C14H19N5O2. The Bertz CT molecular complexity index is 656. The molecule has 0 saturated heterocycles. The number of hydrogen-bond donors (Lipinski definition) is 0. The Kier molecular flexibility index (Phi) is 4.52. The first-order valence-corrected chi connectivity index (χ1v) is 6.78. The van der Waals surface area contributed by atoms with E-state index in [0.717, 1.165) is 17.9 Å². The summed E-state index contributed by atoms with van der Waals surface area (Å²) in [4.78, 5) is 11.8. The maximum atomic E-state index is 11.8. The molecule has 0 aliphatic carbocycles. The van der Waals surface area contributed by atoms with Gasteiger partial charge in [-0.25, -0.2) is 9.48 Å². The van der Waals surface area contributed by atoms with Crippen molar-refractivity contribution in [3.8, 4) is 0 Å². The van der Waals surface area contributed by atoms with Gasteiger partial charge in [-0.2, -0.15) is 5.10 Å². The molecule has 2 aromatic heterocycles. The summed E-state index contributed by atoms with van der Waals surface area (Å²) in [5.41, 5.74) is 2.88.